The molecule has 2 heterocycles. The molecule has 166 valence electrons. The highest BCUT2D eigenvalue weighted by Crippen LogP contribution is 2.31. The molecule has 1 aliphatic heterocycles. The second-order valence-corrected chi connectivity index (χ2v) is 7.94. The van der Waals surface area contributed by atoms with Crippen LogP contribution >= 0.6 is 0 Å². The number of carboxylic acids is 1. The fourth-order valence-corrected chi connectivity index (χ4v) is 3.98. The highest BCUT2D eigenvalue weighted by Gasteiger charge is 2.25. The number of pyridine rings is 1. The zero-order valence-corrected chi connectivity index (χ0v) is 17.5. The number of aromatic nitrogens is 1. The number of hydrogen-bond acceptors (Lipinski definition) is 4. The summed E-state index contributed by atoms with van der Waals surface area (Å²) in [6.45, 7) is 2.10. The van der Waals surface area contributed by atoms with E-state index >= 15 is 0 Å². The standard InChI is InChI=1S/C25H24F2N2O3/c26-20-6-4-17(5-7-20)24(18-2-1-3-21(27)14-18)32-23-9-12-29(13-10-23)16-22-15-19(25(30)31)8-11-28-22/h1-8,11,14-15,23-24H,9-10,12-13,16H2,(H,30,31). The number of piperidine rings is 1. The molecule has 4 rings (SSSR count). The largest absolute Gasteiger partial charge is 0.478 e. The van der Waals surface area contributed by atoms with Gasteiger partial charge in [0.2, 0.25) is 0 Å². The van der Waals surface area contributed by atoms with Gasteiger partial charge in [0.25, 0.3) is 0 Å². The first-order valence-electron chi connectivity index (χ1n) is 10.5. The monoisotopic (exact) mass is 438 g/mol. The molecule has 1 unspecified atom stereocenters. The Balaban J connectivity index is 1.42. The maximum absolute atomic E-state index is 13.9. The minimum absolute atomic E-state index is 0.0390. The highest BCUT2D eigenvalue weighted by atomic mass is 19.1. The van der Waals surface area contributed by atoms with Gasteiger partial charge < -0.3 is 9.84 Å². The summed E-state index contributed by atoms with van der Waals surface area (Å²) in [4.78, 5) is 17.6. The smallest absolute Gasteiger partial charge is 0.335 e. The molecule has 2 aromatic carbocycles. The van der Waals surface area contributed by atoms with Crippen molar-refractivity contribution >= 4 is 5.97 Å². The van der Waals surface area contributed by atoms with Crippen LogP contribution in [0.3, 0.4) is 0 Å². The fraction of sp³-hybridized carbons (Fsp3) is 0.280. The Bertz CT molecular complexity index is 1070. The van der Waals surface area contributed by atoms with Gasteiger partial charge in [-0.3, -0.25) is 9.88 Å². The van der Waals surface area contributed by atoms with Crippen LogP contribution in [0.2, 0.25) is 0 Å². The number of rotatable bonds is 7. The van der Waals surface area contributed by atoms with Gasteiger partial charge in [0, 0.05) is 25.8 Å². The molecule has 3 aromatic rings. The Morgan fingerprint density at radius 2 is 1.78 bits per heavy atom. The molecule has 5 nitrogen and oxygen atoms in total. The first-order valence-corrected chi connectivity index (χ1v) is 10.5. The first-order chi connectivity index (χ1) is 15.5. The van der Waals surface area contributed by atoms with E-state index in [1.54, 1.807) is 24.3 Å². The summed E-state index contributed by atoms with van der Waals surface area (Å²) < 4.78 is 33.7. The quantitative estimate of drug-likeness (QED) is 0.573. The van der Waals surface area contributed by atoms with Gasteiger partial charge in [0.15, 0.2) is 0 Å². The van der Waals surface area contributed by atoms with Gasteiger partial charge in [0.05, 0.1) is 17.4 Å². The molecular weight excluding hydrogens is 414 g/mol. The summed E-state index contributed by atoms with van der Waals surface area (Å²) in [6.07, 6.45) is 2.53. The summed E-state index contributed by atoms with van der Waals surface area (Å²) in [5, 5.41) is 9.15. The molecule has 7 heteroatoms. The predicted octanol–water partition coefficient (Wildman–Crippen LogP) is 4.83. The number of aromatic carboxylic acids is 1. The van der Waals surface area contributed by atoms with Crippen LogP contribution in [0.5, 0.6) is 0 Å². The molecule has 1 N–H and O–H groups in total. The molecule has 1 aromatic heterocycles. The van der Waals surface area contributed by atoms with Crippen LogP contribution in [0.15, 0.2) is 66.9 Å². The van der Waals surface area contributed by atoms with Crippen molar-refractivity contribution in [1.82, 2.24) is 9.88 Å². The van der Waals surface area contributed by atoms with Gasteiger partial charge >= 0.3 is 5.97 Å². The van der Waals surface area contributed by atoms with E-state index in [0.29, 0.717) is 17.8 Å². The zero-order valence-electron chi connectivity index (χ0n) is 17.5. The van der Waals surface area contributed by atoms with E-state index in [2.05, 4.69) is 9.88 Å². The summed E-state index contributed by atoms with van der Waals surface area (Å²) in [6, 6.07) is 15.5. The van der Waals surface area contributed by atoms with Crippen LogP contribution in [0.25, 0.3) is 0 Å². The Kier molecular flexibility index (Phi) is 6.87. The lowest BCUT2D eigenvalue weighted by Crippen LogP contribution is -2.37. The van der Waals surface area contributed by atoms with Gasteiger partial charge in [-0.15, -0.1) is 0 Å². The highest BCUT2D eigenvalue weighted by molar-refractivity contribution is 5.87. The summed E-state index contributed by atoms with van der Waals surface area (Å²) in [7, 11) is 0. The van der Waals surface area contributed by atoms with Crippen molar-refractivity contribution in [2.75, 3.05) is 13.1 Å². The molecule has 1 fully saturated rings. The second kappa shape index (κ2) is 9.97. The lowest BCUT2D eigenvalue weighted by Gasteiger charge is -2.34. The molecule has 0 bridgehead atoms. The van der Waals surface area contributed by atoms with E-state index in [-0.39, 0.29) is 23.3 Å². The Hall–Kier alpha value is -3.16. The van der Waals surface area contributed by atoms with Gasteiger partial charge in [-0.05, 0) is 60.4 Å². The van der Waals surface area contributed by atoms with E-state index in [4.69, 9.17) is 9.84 Å². The third-order valence-corrected chi connectivity index (χ3v) is 5.64. The number of carbonyl (C=O) groups is 1. The third-order valence-electron chi connectivity index (χ3n) is 5.64. The predicted molar refractivity (Wildman–Crippen MR) is 115 cm³/mol. The maximum Gasteiger partial charge on any atom is 0.335 e. The van der Waals surface area contributed by atoms with Crippen molar-refractivity contribution in [3.8, 4) is 0 Å². The van der Waals surface area contributed by atoms with Gasteiger partial charge in [0.1, 0.15) is 17.7 Å². The van der Waals surface area contributed by atoms with E-state index in [1.807, 2.05) is 6.07 Å². The van der Waals surface area contributed by atoms with E-state index in [1.165, 1.54) is 36.5 Å². The van der Waals surface area contributed by atoms with Crippen LogP contribution in [0.1, 0.15) is 46.1 Å². The van der Waals surface area contributed by atoms with Crippen LogP contribution in [-0.2, 0) is 11.3 Å². The average molecular weight is 438 g/mol. The van der Waals surface area contributed by atoms with Gasteiger partial charge in [-0.1, -0.05) is 24.3 Å². The van der Waals surface area contributed by atoms with Crippen LogP contribution in [-0.4, -0.2) is 40.2 Å². The minimum Gasteiger partial charge on any atom is -0.478 e. The van der Waals surface area contributed by atoms with Gasteiger partial charge in [-0.2, -0.15) is 0 Å². The topological polar surface area (TPSA) is 62.7 Å². The molecular formula is C25H24F2N2O3. The van der Waals surface area contributed by atoms with Crippen molar-refractivity contribution in [3.63, 3.8) is 0 Å². The number of ether oxygens (including phenoxy) is 1. The minimum atomic E-state index is -0.968. The van der Waals surface area contributed by atoms with Crippen LogP contribution in [0, 0.1) is 11.6 Å². The number of halogens is 2. The van der Waals surface area contributed by atoms with Crippen LogP contribution < -0.4 is 0 Å². The Morgan fingerprint density at radius 1 is 1.03 bits per heavy atom. The van der Waals surface area contributed by atoms with Gasteiger partial charge in [-0.25, -0.2) is 13.6 Å². The lowest BCUT2D eigenvalue weighted by molar-refractivity contribution is -0.0284. The summed E-state index contributed by atoms with van der Waals surface area (Å²) in [5.74, 6) is -1.64. The van der Waals surface area contributed by atoms with Crippen molar-refractivity contribution in [2.45, 2.75) is 31.6 Å². The lowest BCUT2D eigenvalue weighted by atomic mass is 9.99. The average Bonchev–Trinajstić information content (AvgIpc) is 2.79. The Morgan fingerprint density at radius 3 is 2.47 bits per heavy atom. The molecule has 0 aliphatic carbocycles. The molecule has 32 heavy (non-hydrogen) atoms. The molecule has 0 spiro atoms. The number of hydrogen-bond donors (Lipinski definition) is 1. The molecule has 0 radical (unpaired) electrons. The van der Waals surface area contributed by atoms with Crippen molar-refractivity contribution < 1.29 is 23.4 Å². The number of carboxylic acid groups (broad SMARTS) is 1. The number of benzene rings is 2. The van der Waals surface area contributed by atoms with Crippen LogP contribution in [0.4, 0.5) is 8.78 Å². The number of nitrogens with zero attached hydrogens (tertiary/aromatic N) is 2. The number of likely N-dealkylation sites (tertiary alicyclic amines) is 1. The SMILES string of the molecule is O=C(O)c1ccnc(CN2CCC(OC(c3ccc(F)cc3)c3cccc(F)c3)CC2)c1. The van der Waals surface area contributed by atoms with E-state index in [0.717, 1.165) is 31.5 Å². The zero-order chi connectivity index (χ0) is 22.5. The summed E-state index contributed by atoms with van der Waals surface area (Å²) >= 11 is 0. The molecule has 1 saturated heterocycles. The molecule has 0 amide bonds. The third kappa shape index (κ3) is 5.55. The fourth-order valence-electron chi connectivity index (χ4n) is 3.98. The van der Waals surface area contributed by atoms with Crippen molar-refractivity contribution in [2.24, 2.45) is 0 Å². The maximum atomic E-state index is 13.9. The van der Waals surface area contributed by atoms with Crippen molar-refractivity contribution in [1.29, 1.82) is 0 Å². The Labute approximate surface area is 185 Å². The van der Waals surface area contributed by atoms with E-state index < -0.39 is 12.1 Å². The molecule has 1 atom stereocenters. The molecule has 1 aliphatic rings. The second-order valence-electron chi connectivity index (χ2n) is 7.94. The summed E-state index contributed by atoms with van der Waals surface area (Å²) in [5.41, 5.74) is 2.40. The van der Waals surface area contributed by atoms with Crippen molar-refractivity contribution in [3.05, 3.63) is 101 Å². The van der Waals surface area contributed by atoms with E-state index in [9.17, 15) is 13.6 Å². The first kappa shape index (κ1) is 22.0. The molecule has 0 saturated carbocycles. The normalized spacial score (nSPS) is 16.1.